The molecule has 21 heavy (non-hydrogen) atoms. The van der Waals surface area contributed by atoms with Gasteiger partial charge in [-0.2, -0.15) is 5.10 Å². The Labute approximate surface area is 117 Å². The number of primary amides is 1. The van der Waals surface area contributed by atoms with Gasteiger partial charge in [0.05, 0.1) is 12.0 Å². The topological polar surface area (TPSA) is 143 Å². The van der Waals surface area contributed by atoms with Gasteiger partial charge in [0.2, 0.25) is 5.82 Å². The molecule has 2 rings (SSSR count). The molecule has 0 spiro atoms. The number of pyridine rings is 1. The first kappa shape index (κ1) is 14.1. The van der Waals surface area contributed by atoms with Crippen molar-refractivity contribution in [1.82, 2.24) is 14.8 Å². The average molecular weight is 291 g/mol. The van der Waals surface area contributed by atoms with E-state index < -0.39 is 16.8 Å². The van der Waals surface area contributed by atoms with E-state index in [0.29, 0.717) is 0 Å². The zero-order chi connectivity index (χ0) is 15.6. The summed E-state index contributed by atoms with van der Waals surface area (Å²) in [6, 6.07) is 3.53. The Bertz CT molecular complexity index is 738. The SMILES string of the molecule is COC(=O)c1ccc([N+](=O)[O-])c(-n2ccc(C(N)=O)n2)n1. The van der Waals surface area contributed by atoms with Crippen molar-refractivity contribution in [2.75, 3.05) is 7.11 Å². The number of nitrogens with two attached hydrogens (primary N) is 1. The first-order valence-corrected chi connectivity index (χ1v) is 5.53. The fourth-order valence-electron chi connectivity index (χ4n) is 1.54. The molecule has 0 bridgehead atoms. The number of esters is 1. The van der Waals surface area contributed by atoms with Crippen molar-refractivity contribution < 1.29 is 19.2 Å². The highest BCUT2D eigenvalue weighted by molar-refractivity contribution is 5.90. The van der Waals surface area contributed by atoms with E-state index in [1.807, 2.05) is 0 Å². The fraction of sp³-hybridized carbons (Fsp3) is 0.0909. The van der Waals surface area contributed by atoms with Gasteiger partial charge in [0.1, 0.15) is 5.69 Å². The minimum atomic E-state index is -0.791. The number of nitrogens with zero attached hydrogens (tertiary/aromatic N) is 4. The first-order valence-electron chi connectivity index (χ1n) is 5.53. The second-order valence-corrected chi connectivity index (χ2v) is 3.80. The first-order chi connectivity index (χ1) is 9.93. The van der Waals surface area contributed by atoms with E-state index in [0.717, 1.165) is 23.9 Å². The van der Waals surface area contributed by atoms with Crippen LogP contribution in [0.2, 0.25) is 0 Å². The average Bonchev–Trinajstić information content (AvgIpc) is 2.95. The molecular formula is C11H9N5O5. The van der Waals surface area contributed by atoms with Crippen LogP contribution in [0.15, 0.2) is 24.4 Å². The molecule has 1 amide bonds. The third-order valence-electron chi connectivity index (χ3n) is 2.50. The Morgan fingerprint density at radius 3 is 2.57 bits per heavy atom. The summed E-state index contributed by atoms with van der Waals surface area (Å²) in [7, 11) is 1.16. The molecule has 2 heterocycles. The molecule has 0 unspecified atom stereocenters. The van der Waals surface area contributed by atoms with Crippen LogP contribution in [0.5, 0.6) is 0 Å². The van der Waals surface area contributed by atoms with Gasteiger partial charge in [-0.05, 0) is 12.1 Å². The molecule has 10 heteroatoms. The maximum atomic E-state index is 11.4. The van der Waals surface area contributed by atoms with Crippen LogP contribution in [-0.2, 0) is 4.74 Å². The smallest absolute Gasteiger partial charge is 0.356 e. The number of carbonyl (C=O) groups excluding carboxylic acids is 2. The summed E-state index contributed by atoms with van der Waals surface area (Å²) in [6.45, 7) is 0. The Balaban J connectivity index is 2.59. The van der Waals surface area contributed by atoms with Gasteiger partial charge in [-0.3, -0.25) is 14.9 Å². The number of aromatic nitrogens is 3. The Morgan fingerprint density at radius 1 is 1.33 bits per heavy atom. The van der Waals surface area contributed by atoms with Gasteiger partial charge in [0, 0.05) is 12.3 Å². The van der Waals surface area contributed by atoms with E-state index in [1.54, 1.807) is 0 Å². The van der Waals surface area contributed by atoms with Crippen LogP contribution < -0.4 is 5.73 Å². The molecule has 0 fully saturated rings. The standard InChI is InChI=1S/C11H9N5O5/c1-21-11(18)7-2-3-8(16(19)20)10(13-7)15-5-4-6(14-15)9(12)17/h2-5H,1H3,(H2,12,17). The van der Waals surface area contributed by atoms with Crippen molar-refractivity contribution in [3.05, 3.63) is 45.9 Å². The molecule has 108 valence electrons. The molecule has 0 aromatic carbocycles. The molecule has 0 saturated heterocycles. The van der Waals surface area contributed by atoms with Crippen molar-refractivity contribution in [1.29, 1.82) is 0 Å². The van der Waals surface area contributed by atoms with Crippen LogP contribution in [0.4, 0.5) is 5.69 Å². The molecular weight excluding hydrogens is 282 g/mol. The lowest BCUT2D eigenvalue weighted by Gasteiger charge is -2.04. The third-order valence-corrected chi connectivity index (χ3v) is 2.50. The minimum absolute atomic E-state index is 0.0884. The van der Waals surface area contributed by atoms with Crippen LogP contribution in [0.1, 0.15) is 21.0 Å². The number of ether oxygens (including phenoxy) is 1. The summed E-state index contributed by atoms with van der Waals surface area (Å²) in [4.78, 5) is 36.6. The van der Waals surface area contributed by atoms with Gasteiger partial charge in [-0.15, -0.1) is 0 Å². The quantitative estimate of drug-likeness (QED) is 0.476. The van der Waals surface area contributed by atoms with Gasteiger partial charge in [-0.25, -0.2) is 14.5 Å². The van der Waals surface area contributed by atoms with E-state index >= 15 is 0 Å². The van der Waals surface area contributed by atoms with E-state index in [9.17, 15) is 19.7 Å². The minimum Gasteiger partial charge on any atom is -0.464 e. The number of hydrogen-bond acceptors (Lipinski definition) is 7. The monoisotopic (exact) mass is 291 g/mol. The number of carbonyl (C=O) groups is 2. The molecule has 2 aromatic rings. The van der Waals surface area contributed by atoms with E-state index in [-0.39, 0.29) is 22.9 Å². The van der Waals surface area contributed by atoms with Gasteiger partial charge >= 0.3 is 11.7 Å². The lowest BCUT2D eigenvalue weighted by Crippen LogP contribution is -2.14. The van der Waals surface area contributed by atoms with E-state index in [4.69, 9.17) is 5.73 Å². The van der Waals surface area contributed by atoms with Crippen molar-refractivity contribution in [3.63, 3.8) is 0 Å². The Morgan fingerprint density at radius 2 is 2.05 bits per heavy atom. The Hall–Kier alpha value is -3.30. The van der Waals surface area contributed by atoms with Crippen LogP contribution in [0.25, 0.3) is 5.82 Å². The van der Waals surface area contributed by atoms with Gasteiger partial charge in [0.15, 0.2) is 5.69 Å². The highest BCUT2D eigenvalue weighted by atomic mass is 16.6. The van der Waals surface area contributed by atoms with Crippen LogP contribution in [-0.4, -0.2) is 38.7 Å². The number of nitro groups is 1. The van der Waals surface area contributed by atoms with Crippen LogP contribution in [0.3, 0.4) is 0 Å². The van der Waals surface area contributed by atoms with Gasteiger partial charge in [-0.1, -0.05) is 0 Å². The molecule has 0 aliphatic heterocycles. The van der Waals surface area contributed by atoms with Crippen molar-refractivity contribution in [2.45, 2.75) is 0 Å². The van der Waals surface area contributed by atoms with Gasteiger partial charge < -0.3 is 10.5 Å². The van der Waals surface area contributed by atoms with Gasteiger partial charge in [0.25, 0.3) is 5.91 Å². The number of methoxy groups -OCH3 is 1. The Kier molecular flexibility index (Phi) is 3.61. The highest BCUT2D eigenvalue weighted by Gasteiger charge is 2.21. The molecule has 10 nitrogen and oxygen atoms in total. The summed E-state index contributed by atoms with van der Waals surface area (Å²) in [6.07, 6.45) is 1.27. The summed E-state index contributed by atoms with van der Waals surface area (Å²) >= 11 is 0. The molecule has 0 aliphatic carbocycles. The van der Waals surface area contributed by atoms with E-state index in [2.05, 4.69) is 14.8 Å². The number of hydrogen-bond donors (Lipinski definition) is 1. The van der Waals surface area contributed by atoms with E-state index in [1.165, 1.54) is 12.3 Å². The number of amides is 1. The summed E-state index contributed by atoms with van der Waals surface area (Å²) < 4.78 is 5.49. The predicted molar refractivity (Wildman–Crippen MR) is 67.9 cm³/mol. The third kappa shape index (κ3) is 2.68. The normalized spacial score (nSPS) is 10.1. The zero-order valence-corrected chi connectivity index (χ0v) is 10.7. The lowest BCUT2D eigenvalue weighted by atomic mass is 10.3. The van der Waals surface area contributed by atoms with Crippen LogP contribution in [0, 0.1) is 10.1 Å². The maximum absolute atomic E-state index is 11.4. The largest absolute Gasteiger partial charge is 0.464 e. The number of rotatable bonds is 4. The van der Waals surface area contributed by atoms with Crippen molar-refractivity contribution >= 4 is 17.6 Å². The molecule has 0 aliphatic rings. The predicted octanol–water partition coefficient (Wildman–Crippen LogP) is 0.0610. The molecule has 2 aromatic heterocycles. The van der Waals surface area contributed by atoms with Crippen molar-refractivity contribution in [3.8, 4) is 5.82 Å². The fourth-order valence-corrected chi connectivity index (χ4v) is 1.54. The summed E-state index contributed by atoms with van der Waals surface area (Å²) in [5.74, 6) is -1.77. The zero-order valence-electron chi connectivity index (χ0n) is 10.7. The highest BCUT2D eigenvalue weighted by Crippen LogP contribution is 2.21. The maximum Gasteiger partial charge on any atom is 0.356 e. The lowest BCUT2D eigenvalue weighted by molar-refractivity contribution is -0.384. The second-order valence-electron chi connectivity index (χ2n) is 3.80. The molecule has 0 saturated carbocycles. The van der Waals surface area contributed by atoms with Crippen LogP contribution >= 0.6 is 0 Å². The van der Waals surface area contributed by atoms with Crippen molar-refractivity contribution in [2.24, 2.45) is 5.73 Å². The summed E-state index contributed by atoms with van der Waals surface area (Å²) in [5.41, 5.74) is 4.45. The summed E-state index contributed by atoms with van der Waals surface area (Å²) in [5, 5.41) is 14.8. The second kappa shape index (κ2) is 5.36. The molecule has 2 N–H and O–H groups in total. The molecule has 0 radical (unpaired) electrons. The molecule has 0 atom stereocenters.